The second-order valence-electron chi connectivity index (χ2n) is 4.00. The van der Waals surface area contributed by atoms with Gasteiger partial charge in [0, 0.05) is 0 Å². The van der Waals surface area contributed by atoms with Crippen LogP contribution < -0.4 is 10.5 Å². The first-order chi connectivity index (χ1) is 9.92. The summed E-state index contributed by atoms with van der Waals surface area (Å²) in [4.78, 5) is 3.89. The second-order valence-corrected chi connectivity index (χ2v) is 7.15. The van der Waals surface area contributed by atoms with E-state index in [1.807, 2.05) is 0 Å². The highest BCUT2D eigenvalue weighted by Gasteiger charge is 2.17. The number of nitrogens with zero attached hydrogens (tertiary/aromatic N) is 1. The van der Waals surface area contributed by atoms with Gasteiger partial charge in [0.2, 0.25) is 0 Å². The van der Waals surface area contributed by atoms with Crippen LogP contribution in [0.5, 0.6) is 0 Å². The third kappa shape index (κ3) is 3.78. The van der Waals surface area contributed by atoms with Gasteiger partial charge in [-0.3, -0.25) is 4.72 Å². The van der Waals surface area contributed by atoms with Gasteiger partial charge < -0.3 is 5.73 Å². The third-order valence-electron chi connectivity index (χ3n) is 2.41. The normalized spacial score (nSPS) is 10.8. The summed E-state index contributed by atoms with van der Waals surface area (Å²) in [7, 11) is -3.76. The highest BCUT2D eigenvalue weighted by molar-refractivity contribution is 7.94. The summed E-state index contributed by atoms with van der Waals surface area (Å²) in [5, 5.41) is 0.633. The van der Waals surface area contributed by atoms with Crippen LogP contribution in [-0.2, 0) is 10.0 Å². The Bertz CT molecular complexity index is 819. The number of aromatic nitrogens is 1. The predicted molar refractivity (Wildman–Crippen MR) is 80.0 cm³/mol. The molecule has 0 unspecified atom stereocenters. The molecular weight excluding hydrogens is 313 g/mol. The number of benzene rings is 1. The molecule has 8 heteroatoms. The lowest BCUT2D eigenvalue weighted by molar-refractivity contribution is 0.602. The molecule has 0 aliphatic carbocycles. The van der Waals surface area contributed by atoms with Gasteiger partial charge in [0.25, 0.3) is 10.0 Å². The molecule has 0 amide bonds. The van der Waals surface area contributed by atoms with E-state index in [-0.39, 0.29) is 22.0 Å². The molecule has 0 aliphatic rings. The fourth-order valence-corrected chi connectivity index (χ4v) is 3.65. The Balaban J connectivity index is 2.26. The minimum Gasteiger partial charge on any atom is -0.320 e. The Hall–Kier alpha value is -1.95. The first kappa shape index (κ1) is 15.4. The van der Waals surface area contributed by atoms with Crippen LogP contribution in [0.15, 0.2) is 28.6 Å². The molecular formula is C13H12FN3O2S2. The van der Waals surface area contributed by atoms with E-state index in [0.717, 1.165) is 17.4 Å². The number of nitrogens with two attached hydrogens (primary N) is 1. The summed E-state index contributed by atoms with van der Waals surface area (Å²) in [6, 6.07) is 3.91. The number of aryl methyl sites for hydroxylation is 1. The van der Waals surface area contributed by atoms with E-state index >= 15 is 0 Å². The van der Waals surface area contributed by atoms with Crippen molar-refractivity contribution in [3.8, 4) is 11.8 Å². The van der Waals surface area contributed by atoms with Gasteiger partial charge in [0.1, 0.15) is 5.82 Å². The average molecular weight is 325 g/mol. The summed E-state index contributed by atoms with van der Waals surface area (Å²) in [6.45, 7) is 1.83. The monoisotopic (exact) mass is 325 g/mol. The minimum absolute atomic E-state index is 0.0763. The summed E-state index contributed by atoms with van der Waals surface area (Å²) >= 11 is 1.04. The van der Waals surface area contributed by atoms with Crippen LogP contribution in [0.25, 0.3) is 0 Å². The average Bonchev–Trinajstić information content (AvgIpc) is 2.85. The van der Waals surface area contributed by atoms with E-state index in [0.29, 0.717) is 5.01 Å². The summed E-state index contributed by atoms with van der Waals surface area (Å²) in [5.74, 6) is 4.48. The van der Waals surface area contributed by atoms with E-state index < -0.39 is 15.8 Å². The van der Waals surface area contributed by atoms with Gasteiger partial charge in [0.05, 0.1) is 29.0 Å². The van der Waals surface area contributed by atoms with Crippen LogP contribution in [0, 0.1) is 24.6 Å². The molecule has 0 spiro atoms. The largest absolute Gasteiger partial charge is 0.320 e. The molecule has 1 aromatic carbocycles. The smallest absolute Gasteiger partial charge is 0.273 e. The topological polar surface area (TPSA) is 85.1 Å². The lowest BCUT2D eigenvalue weighted by Gasteiger charge is -2.06. The Kier molecular flexibility index (Phi) is 4.57. The van der Waals surface area contributed by atoms with Crippen LogP contribution in [0.3, 0.4) is 0 Å². The molecule has 3 N–H and O–H groups in total. The number of rotatable bonds is 3. The van der Waals surface area contributed by atoms with E-state index in [2.05, 4.69) is 21.5 Å². The molecule has 0 atom stereocenters. The summed E-state index contributed by atoms with van der Waals surface area (Å²) in [5.41, 5.74) is 5.50. The number of halogens is 1. The van der Waals surface area contributed by atoms with Crippen molar-refractivity contribution in [1.29, 1.82) is 0 Å². The van der Waals surface area contributed by atoms with Crippen LogP contribution in [-0.4, -0.2) is 19.9 Å². The van der Waals surface area contributed by atoms with Crippen molar-refractivity contribution in [3.05, 3.63) is 40.8 Å². The molecule has 21 heavy (non-hydrogen) atoms. The molecule has 0 radical (unpaired) electrons. The summed E-state index contributed by atoms with van der Waals surface area (Å²) < 4.78 is 40.3. The van der Waals surface area contributed by atoms with Gasteiger partial charge >= 0.3 is 0 Å². The maximum atomic E-state index is 13.8. The maximum absolute atomic E-state index is 13.8. The van der Waals surface area contributed by atoms with Gasteiger partial charge in [-0.15, -0.1) is 11.3 Å². The molecule has 2 aromatic rings. The Morgan fingerprint density at radius 3 is 2.81 bits per heavy atom. The Labute approximate surface area is 126 Å². The standard InChI is InChI=1S/C13H12FN3O2S2/c1-9-16-8-13(20-9)21(18,19)17-11-5-4-10(3-2-6-15)12(14)7-11/h4-5,7-8,17H,6,15H2,1H3. The van der Waals surface area contributed by atoms with Crippen molar-refractivity contribution in [2.45, 2.75) is 11.1 Å². The molecule has 0 bridgehead atoms. The number of thiazole rings is 1. The van der Waals surface area contributed by atoms with Crippen molar-refractivity contribution in [2.24, 2.45) is 5.73 Å². The second kappa shape index (κ2) is 6.22. The molecule has 0 saturated heterocycles. The van der Waals surface area contributed by atoms with Crippen molar-refractivity contribution < 1.29 is 12.8 Å². The van der Waals surface area contributed by atoms with Crippen LogP contribution >= 0.6 is 11.3 Å². The van der Waals surface area contributed by atoms with Gasteiger partial charge in [-0.1, -0.05) is 11.8 Å². The molecule has 0 aliphatic heterocycles. The van der Waals surface area contributed by atoms with Crippen molar-refractivity contribution in [2.75, 3.05) is 11.3 Å². The zero-order valence-electron chi connectivity index (χ0n) is 11.1. The minimum atomic E-state index is -3.76. The van der Waals surface area contributed by atoms with Crippen LogP contribution in [0.1, 0.15) is 10.6 Å². The van der Waals surface area contributed by atoms with Gasteiger partial charge in [-0.2, -0.15) is 0 Å². The van der Waals surface area contributed by atoms with Crippen molar-refractivity contribution in [1.82, 2.24) is 4.98 Å². The van der Waals surface area contributed by atoms with Gasteiger partial charge in [-0.25, -0.2) is 17.8 Å². The maximum Gasteiger partial charge on any atom is 0.273 e. The number of hydrogen-bond acceptors (Lipinski definition) is 5. The predicted octanol–water partition coefficient (Wildman–Crippen LogP) is 1.70. The highest BCUT2D eigenvalue weighted by Crippen LogP contribution is 2.22. The molecule has 110 valence electrons. The molecule has 1 heterocycles. The molecule has 0 fully saturated rings. The molecule has 5 nitrogen and oxygen atoms in total. The van der Waals surface area contributed by atoms with Gasteiger partial charge in [0.15, 0.2) is 4.21 Å². The van der Waals surface area contributed by atoms with Crippen LogP contribution in [0.2, 0.25) is 0 Å². The quantitative estimate of drug-likeness (QED) is 0.841. The molecule has 2 rings (SSSR count). The van der Waals surface area contributed by atoms with E-state index in [9.17, 15) is 12.8 Å². The lowest BCUT2D eigenvalue weighted by atomic mass is 10.2. The zero-order chi connectivity index (χ0) is 15.5. The van der Waals surface area contributed by atoms with E-state index in [1.54, 1.807) is 6.92 Å². The third-order valence-corrected chi connectivity index (χ3v) is 5.17. The van der Waals surface area contributed by atoms with Crippen molar-refractivity contribution >= 4 is 27.0 Å². The number of anilines is 1. The van der Waals surface area contributed by atoms with Crippen LogP contribution in [0.4, 0.5) is 10.1 Å². The van der Waals surface area contributed by atoms with Crippen molar-refractivity contribution in [3.63, 3.8) is 0 Å². The highest BCUT2D eigenvalue weighted by atomic mass is 32.2. The fraction of sp³-hybridized carbons (Fsp3) is 0.154. The SMILES string of the molecule is Cc1ncc(S(=O)(=O)Nc2ccc(C#CCN)c(F)c2)s1. The van der Waals surface area contributed by atoms with E-state index in [1.165, 1.54) is 18.3 Å². The van der Waals surface area contributed by atoms with Gasteiger partial charge in [-0.05, 0) is 25.1 Å². The molecule has 1 aromatic heterocycles. The number of nitrogens with one attached hydrogen (secondary N) is 1. The Morgan fingerprint density at radius 1 is 1.48 bits per heavy atom. The first-order valence-corrected chi connectivity index (χ1v) is 8.16. The number of sulfonamides is 1. The van der Waals surface area contributed by atoms with E-state index in [4.69, 9.17) is 5.73 Å². The Morgan fingerprint density at radius 2 is 2.24 bits per heavy atom. The first-order valence-electron chi connectivity index (χ1n) is 5.86. The lowest BCUT2D eigenvalue weighted by Crippen LogP contribution is -2.11. The molecule has 0 saturated carbocycles. The summed E-state index contributed by atoms with van der Waals surface area (Å²) in [6.07, 6.45) is 1.26. The number of hydrogen-bond donors (Lipinski definition) is 2. The fourth-order valence-electron chi connectivity index (χ4n) is 1.50. The zero-order valence-corrected chi connectivity index (χ0v) is 12.7.